The van der Waals surface area contributed by atoms with Crippen molar-refractivity contribution in [1.82, 2.24) is 4.98 Å². The van der Waals surface area contributed by atoms with Crippen LogP contribution in [0.5, 0.6) is 0 Å². The molecule has 0 unspecified atom stereocenters. The smallest absolute Gasteiger partial charge is 0.306 e. The van der Waals surface area contributed by atoms with E-state index in [1.807, 2.05) is 78.9 Å². The molecular weight excluding hydrogens is 428 g/mol. The molecule has 0 saturated carbocycles. The molecule has 31 heavy (non-hydrogen) atoms. The van der Waals surface area contributed by atoms with Gasteiger partial charge in [0.2, 0.25) is 0 Å². The van der Waals surface area contributed by atoms with Gasteiger partial charge in [-0.1, -0.05) is 54.2 Å². The first-order valence-electron chi connectivity index (χ1n) is 9.79. The molecule has 4 aromatic rings. The first-order chi connectivity index (χ1) is 15.2. The van der Waals surface area contributed by atoms with Crippen LogP contribution in [0.3, 0.4) is 0 Å². The van der Waals surface area contributed by atoms with Crippen molar-refractivity contribution in [2.45, 2.75) is 22.6 Å². The molecule has 1 heterocycles. The molecule has 1 N–H and O–H groups in total. The third-order valence-corrected chi connectivity index (χ3v) is 6.56. The molecule has 5 nitrogen and oxygen atoms in total. The third-order valence-electron chi connectivity index (χ3n) is 4.38. The molecule has 156 valence electrons. The Bertz CT molecular complexity index is 1160. The lowest BCUT2D eigenvalue weighted by Gasteiger charge is -2.11. The summed E-state index contributed by atoms with van der Waals surface area (Å²) in [5.41, 5.74) is 1.62. The van der Waals surface area contributed by atoms with Gasteiger partial charge in [-0.2, -0.15) is 0 Å². The number of para-hydroxylation sites is 2. The summed E-state index contributed by atoms with van der Waals surface area (Å²) in [5, 5.41) is 3.71. The second-order valence-electron chi connectivity index (χ2n) is 6.70. The number of fused-ring (bicyclic) bond motifs is 1. The number of aromatic nitrogens is 1. The molecule has 0 atom stereocenters. The molecule has 0 fully saturated rings. The fourth-order valence-corrected chi connectivity index (χ4v) is 4.80. The Morgan fingerprint density at radius 2 is 1.68 bits per heavy atom. The number of amides is 1. The zero-order valence-corrected chi connectivity index (χ0v) is 18.2. The van der Waals surface area contributed by atoms with E-state index >= 15 is 0 Å². The van der Waals surface area contributed by atoms with E-state index in [1.54, 1.807) is 23.1 Å². The van der Waals surface area contributed by atoms with Gasteiger partial charge in [0.05, 0.1) is 27.3 Å². The topological polar surface area (TPSA) is 68.3 Å². The number of hydrogen-bond acceptors (Lipinski definition) is 6. The first-order valence-corrected chi connectivity index (χ1v) is 11.4. The van der Waals surface area contributed by atoms with Gasteiger partial charge in [-0.3, -0.25) is 9.59 Å². The number of aryl methyl sites for hydroxylation is 1. The van der Waals surface area contributed by atoms with Crippen molar-refractivity contribution in [3.05, 3.63) is 83.9 Å². The number of nitrogens with one attached hydrogen (secondary N) is 1. The van der Waals surface area contributed by atoms with Gasteiger partial charge in [0, 0.05) is 16.2 Å². The maximum atomic E-state index is 12.3. The van der Waals surface area contributed by atoms with Crippen LogP contribution in [0.25, 0.3) is 10.2 Å². The zero-order valence-electron chi connectivity index (χ0n) is 16.6. The fourth-order valence-electron chi connectivity index (χ4n) is 2.91. The van der Waals surface area contributed by atoms with Gasteiger partial charge in [0.1, 0.15) is 0 Å². The lowest BCUT2D eigenvalue weighted by atomic mass is 10.3. The summed E-state index contributed by atoms with van der Waals surface area (Å²) in [4.78, 5) is 30.9. The van der Waals surface area contributed by atoms with Crippen LogP contribution >= 0.6 is 23.1 Å². The molecule has 0 aliphatic carbocycles. The largest absolute Gasteiger partial charge is 0.456 e. The van der Waals surface area contributed by atoms with Gasteiger partial charge in [0.15, 0.2) is 6.61 Å². The van der Waals surface area contributed by atoms with Crippen LogP contribution in [0.1, 0.15) is 11.4 Å². The SMILES string of the molecule is O=C(COC(=O)CCc1nc2ccccc2s1)Nc1ccccc1Sc1ccccc1. The molecule has 0 aliphatic rings. The average Bonchev–Trinajstić information content (AvgIpc) is 3.21. The monoisotopic (exact) mass is 448 g/mol. The van der Waals surface area contributed by atoms with Crippen LogP contribution in [0.4, 0.5) is 5.69 Å². The van der Waals surface area contributed by atoms with Gasteiger partial charge in [-0.05, 0) is 36.4 Å². The van der Waals surface area contributed by atoms with E-state index < -0.39 is 5.97 Å². The zero-order chi connectivity index (χ0) is 21.5. The maximum absolute atomic E-state index is 12.3. The summed E-state index contributed by atoms with van der Waals surface area (Å²) < 4.78 is 6.24. The lowest BCUT2D eigenvalue weighted by molar-refractivity contribution is -0.147. The van der Waals surface area contributed by atoms with Crippen molar-refractivity contribution in [2.75, 3.05) is 11.9 Å². The van der Waals surface area contributed by atoms with E-state index in [0.717, 1.165) is 25.0 Å². The number of rotatable bonds is 8. The Hall–Kier alpha value is -3.16. The van der Waals surface area contributed by atoms with Crippen LogP contribution in [-0.4, -0.2) is 23.5 Å². The molecule has 1 aromatic heterocycles. The van der Waals surface area contributed by atoms with Crippen LogP contribution < -0.4 is 5.32 Å². The van der Waals surface area contributed by atoms with Crippen molar-refractivity contribution in [3.8, 4) is 0 Å². The quantitative estimate of drug-likeness (QED) is 0.357. The predicted molar refractivity (Wildman–Crippen MR) is 125 cm³/mol. The number of ether oxygens (including phenoxy) is 1. The highest BCUT2D eigenvalue weighted by molar-refractivity contribution is 7.99. The standard InChI is InChI=1S/C24H20N2O3S2/c27-22(25-18-10-4-6-12-20(18)30-17-8-2-1-3-9-17)16-29-24(28)15-14-23-26-19-11-5-7-13-21(19)31-23/h1-13H,14-16H2,(H,25,27). The number of carbonyl (C=O) groups is 2. The third kappa shape index (κ3) is 5.93. The number of nitrogens with zero attached hydrogens (tertiary/aromatic N) is 1. The highest BCUT2D eigenvalue weighted by Gasteiger charge is 2.12. The number of thiazole rings is 1. The summed E-state index contributed by atoms with van der Waals surface area (Å²) in [6.07, 6.45) is 0.684. The van der Waals surface area contributed by atoms with E-state index in [1.165, 1.54) is 0 Å². The summed E-state index contributed by atoms with van der Waals surface area (Å²) in [6.45, 7) is -0.316. The van der Waals surface area contributed by atoms with Crippen molar-refractivity contribution in [3.63, 3.8) is 0 Å². The van der Waals surface area contributed by atoms with E-state index in [-0.39, 0.29) is 18.9 Å². The highest BCUT2D eigenvalue weighted by Crippen LogP contribution is 2.33. The Kier molecular flexibility index (Phi) is 6.96. The molecule has 0 spiro atoms. The Labute approximate surface area is 188 Å². The minimum Gasteiger partial charge on any atom is -0.456 e. The van der Waals surface area contributed by atoms with E-state index in [2.05, 4.69) is 10.3 Å². The molecule has 0 bridgehead atoms. The van der Waals surface area contributed by atoms with E-state index in [9.17, 15) is 9.59 Å². The minimum atomic E-state index is -0.415. The molecule has 3 aromatic carbocycles. The predicted octanol–water partition coefficient (Wildman–Crippen LogP) is 5.56. The Morgan fingerprint density at radius 3 is 2.52 bits per heavy atom. The Balaban J connectivity index is 1.26. The van der Waals surface area contributed by atoms with Gasteiger partial charge < -0.3 is 10.1 Å². The average molecular weight is 449 g/mol. The van der Waals surface area contributed by atoms with Gasteiger partial charge in [-0.25, -0.2) is 4.98 Å². The number of esters is 1. The van der Waals surface area contributed by atoms with Crippen LogP contribution in [0.15, 0.2) is 88.7 Å². The number of hydrogen-bond donors (Lipinski definition) is 1. The molecule has 0 radical (unpaired) electrons. The van der Waals surface area contributed by atoms with Gasteiger partial charge in [-0.15, -0.1) is 11.3 Å². The molecule has 0 saturated heterocycles. The fraction of sp³-hybridized carbons (Fsp3) is 0.125. The van der Waals surface area contributed by atoms with Crippen LogP contribution in [0, 0.1) is 0 Å². The molecule has 7 heteroatoms. The van der Waals surface area contributed by atoms with Gasteiger partial charge in [0.25, 0.3) is 5.91 Å². The summed E-state index contributed by atoms with van der Waals surface area (Å²) >= 11 is 3.13. The summed E-state index contributed by atoms with van der Waals surface area (Å²) in [5.74, 6) is -0.782. The first kappa shape index (κ1) is 21.1. The summed E-state index contributed by atoms with van der Waals surface area (Å²) in [6, 6.07) is 25.3. The molecular formula is C24H20N2O3S2. The number of carbonyl (C=O) groups excluding carboxylic acids is 2. The van der Waals surface area contributed by atoms with Crippen molar-refractivity contribution >= 4 is 50.9 Å². The highest BCUT2D eigenvalue weighted by atomic mass is 32.2. The van der Waals surface area contributed by atoms with E-state index in [0.29, 0.717) is 12.1 Å². The normalized spacial score (nSPS) is 10.7. The van der Waals surface area contributed by atoms with Gasteiger partial charge >= 0.3 is 5.97 Å². The van der Waals surface area contributed by atoms with E-state index in [4.69, 9.17) is 4.74 Å². The minimum absolute atomic E-state index is 0.188. The number of benzene rings is 3. The second-order valence-corrected chi connectivity index (χ2v) is 8.93. The molecule has 4 rings (SSSR count). The lowest BCUT2D eigenvalue weighted by Crippen LogP contribution is -2.21. The molecule has 1 amide bonds. The second kappa shape index (κ2) is 10.2. The summed E-state index contributed by atoms with van der Waals surface area (Å²) in [7, 11) is 0. The van der Waals surface area contributed by atoms with Crippen molar-refractivity contribution in [1.29, 1.82) is 0 Å². The molecule has 0 aliphatic heterocycles. The van der Waals surface area contributed by atoms with Crippen molar-refractivity contribution < 1.29 is 14.3 Å². The Morgan fingerprint density at radius 1 is 0.935 bits per heavy atom. The van der Waals surface area contributed by atoms with Crippen molar-refractivity contribution in [2.24, 2.45) is 0 Å². The number of anilines is 1. The van der Waals surface area contributed by atoms with Crippen LogP contribution in [0.2, 0.25) is 0 Å². The van der Waals surface area contributed by atoms with Crippen LogP contribution in [-0.2, 0) is 20.7 Å². The maximum Gasteiger partial charge on any atom is 0.306 e.